The molecular formula is C7F12. The van der Waals surface area contributed by atoms with Gasteiger partial charge in [0.25, 0.3) is 0 Å². The molecule has 0 unspecified atom stereocenters. The van der Waals surface area contributed by atoms with Crippen LogP contribution in [0.1, 0.15) is 0 Å². The second kappa shape index (κ2) is 3.51. The van der Waals surface area contributed by atoms with E-state index in [4.69, 9.17) is 0 Å². The maximum Gasteiger partial charge on any atom is 0.421 e. The summed E-state index contributed by atoms with van der Waals surface area (Å²) in [6.07, 6.45) is -13.4. The first-order chi connectivity index (χ1) is 7.99. The summed E-state index contributed by atoms with van der Waals surface area (Å²) in [4.78, 5) is 0. The molecule has 0 nitrogen and oxygen atoms in total. The Hall–Kier alpha value is -1.10. The molecule has 112 valence electrons. The number of allylic oxidation sites excluding steroid dienone is 2. The van der Waals surface area contributed by atoms with Gasteiger partial charge in [0.15, 0.2) is 0 Å². The van der Waals surface area contributed by atoms with Gasteiger partial charge in [0.05, 0.1) is 5.57 Å². The molecule has 0 amide bonds. The average Bonchev–Trinajstić information content (AvgIpc) is 2.07. The topological polar surface area (TPSA) is 0 Å². The highest BCUT2D eigenvalue weighted by molar-refractivity contribution is 5.47. The number of hydrogen-bond acceptors (Lipinski definition) is 0. The van der Waals surface area contributed by atoms with Gasteiger partial charge in [-0.15, -0.1) is 0 Å². The SMILES string of the molecule is FC(F)(F)C(=C1C(F)(F)C(F)(F)C1(F)F)C(F)(F)F. The predicted octanol–water partition coefficient (Wildman–Crippen LogP) is 4.33. The second-order valence-corrected chi connectivity index (χ2v) is 3.47. The van der Waals surface area contributed by atoms with Crippen molar-refractivity contribution in [1.82, 2.24) is 0 Å². The highest BCUT2D eigenvalue weighted by Gasteiger charge is 2.90. The third kappa shape index (κ3) is 1.86. The zero-order valence-electron chi connectivity index (χ0n) is 8.04. The van der Waals surface area contributed by atoms with E-state index in [9.17, 15) is 52.7 Å². The Morgan fingerprint density at radius 1 is 0.632 bits per heavy atom. The van der Waals surface area contributed by atoms with Crippen molar-refractivity contribution in [3.05, 3.63) is 11.1 Å². The fourth-order valence-corrected chi connectivity index (χ4v) is 1.40. The van der Waals surface area contributed by atoms with Crippen molar-refractivity contribution in [2.45, 2.75) is 30.1 Å². The zero-order valence-corrected chi connectivity index (χ0v) is 8.04. The molecule has 0 aliphatic heterocycles. The largest absolute Gasteiger partial charge is 0.421 e. The molecule has 1 rings (SSSR count). The van der Waals surface area contributed by atoms with Gasteiger partial charge in [-0.05, 0) is 0 Å². The minimum atomic E-state index is -6.68. The molecule has 0 aromatic carbocycles. The molecule has 0 saturated heterocycles. The summed E-state index contributed by atoms with van der Waals surface area (Å²) in [5, 5.41) is 0. The van der Waals surface area contributed by atoms with Gasteiger partial charge in [-0.2, -0.15) is 52.7 Å². The predicted molar refractivity (Wildman–Crippen MR) is 34.0 cm³/mol. The summed E-state index contributed by atoms with van der Waals surface area (Å²) in [7, 11) is 0. The Kier molecular flexibility index (Phi) is 2.95. The van der Waals surface area contributed by atoms with Crippen LogP contribution in [-0.2, 0) is 0 Å². The molecule has 0 radical (unpaired) electrons. The van der Waals surface area contributed by atoms with Crippen molar-refractivity contribution in [2.75, 3.05) is 0 Å². The molecule has 0 aromatic rings. The van der Waals surface area contributed by atoms with Gasteiger partial charge < -0.3 is 0 Å². The molecule has 1 aliphatic carbocycles. The van der Waals surface area contributed by atoms with E-state index in [0.717, 1.165) is 0 Å². The Bertz CT molecular complexity index is 382. The molecule has 1 fully saturated rings. The first kappa shape index (κ1) is 16.0. The summed E-state index contributed by atoms with van der Waals surface area (Å²) >= 11 is 0. The third-order valence-electron chi connectivity index (χ3n) is 2.23. The molecule has 1 saturated carbocycles. The van der Waals surface area contributed by atoms with Gasteiger partial charge in [-0.25, -0.2) is 0 Å². The van der Waals surface area contributed by atoms with Crippen LogP contribution in [0.15, 0.2) is 11.1 Å². The lowest BCUT2D eigenvalue weighted by molar-refractivity contribution is -0.353. The average molecular weight is 312 g/mol. The van der Waals surface area contributed by atoms with Crippen LogP contribution < -0.4 is 0 Å². The van der Waals surface area contributed by atoms with Crippen molar-refractivity contribution in [3.63, 3.8) is 0 Å². The lowest BCUT2D eigenvalue weighted by Crippen LogP contribution is -2.70. The maximum atomic E-state index is 12.5. The Morgan fingerprint density at radius 3 is 1.11 bits per heavy atom. The summed E-state index contributed by atoms with van der Waals surface area (Å²) in [6, 6.07) is 0. The first-order valence-electron chi connectivity index (χ1n) is 4.02. The van der Waals surface area contributed by atoms with E-state index in [1.807, 2.05) is 0 Å². The summed E-state index contributed by atoms with van der Waals surface area (Å²) in [6.45, 7) is 0. The smallest absolute Gasteiger partial charge is 0.194 e. The molecule has 0 spiro atoms. The van der Waals surface area contributed by atoms with Crippen LogP contribution in [-0.4, -0.2) is 30.1 Å². The van der Waals surface area contributed by atoms with Gasteiger partial charge in [0, 0.05) is 0 Å². The maximum absolute atomic E-state index is 12.5. The lowest BCUT2D eigenvalue weighted by Gasteiger charge is -2.46. The number of rotatable bonds is 0. The number of halogens is 12. The first-order valence-corrected chi connectivity index (χ1v) is 4.02. The van der Waals surface area contributed by atoms with E-state index in [2.05, 4.69) is 0 Å². The minimum absolute atomic E-state index is 3.97. The van der Waals surface area contributed by atoms with Crippen LogP contribution in [0.3, 0.4) is 0 Å². The molecular weight excluding hydrogens is 312 g/mol. The van der Waals surface area contributed by atoms with Crippen molar-refractivity contribution in [1.29, 1.82) is 0 Å². The molecule has 12 heteroatoms. The van der Waals surface area contributed by atoms with Crippen LogP contribution in [0.2, 0.25) is 0 Å². The summed E-state index contributed by atoms with van der Waals surface area (Å²) < 4.78 is 146. The van der Waals surface area contributed by atoms with Gasteiger partial charge in [-0.1, -0.05) is 0 Å². The van der Waals surface area contributed by atoms with Crippen LogP contribution in [0.25, 0.3) is 0 Å². The van der Waals surface area contributed by atoms with E-state index in [1.165, 1.54) is 0 Å². The van der Waals surface area contributed by atoms with Crippen LogP contribution >= 0.6 is 0 Å². The minimum Gasteiger partial charge on any atom is -0.194 e. The Balaban J connectivity index is 3.68. The van der Waals surface area contributed by atoms with E-state index in [1.54, 1.807) is 0 Å². The van der Waals surface area contributed by atoms with Crippen molar-refractivity contribution in [2.24, 2.45) is 0 Å². The van der Waals surface area contributed by atoms with Crippen LogP contribution in [0.5, 0.6) is 0 Å². The van der Waals surface area contributed by atoms with Gasteiger partial charge in [0.1, 0.15) is 5.57 Å². The Labute approximate surface area is 95.2 Å². The fraction of sp³-hybridized carbons (Fsp3) is 0.714. The fourth-order valence-electron chi connectivity index (χ4n) is 1.40. The Morgan fingerprint density at radius 2 is 0.895 bits per heavy atom. The highest BCUT2D eigenvalue weighted by atomic mass is 19.4. The molecule has 0 heterocycles. The second-order valence-electron chi connectivity index (χ2n) is 3.47. The third-order valence-corrected chi connectivity index (χ3v) is 2.23. The standard InChI is InChI=1S/C7F12/c8-3(9)1(4(10,11)7(3,18)19)2(5(12,13)14)6(15,16)17. The van der Waals surface area contributed by atoms with Crippen molar-refractivity contribution < 1.29 is 52.7 Å². The summed E-state index contributed by atoms with van der Waals surface area (Å²) in [5.41, 5.74) is -8.29. The monoisotopic (exact) mass is 312 g/mol. The number of alkyl halides is 12. The molecule has 0 N–H and O–H groups in total. The van der Waals surface area contributed by atoms with Gasteiger partial charge >= 0.3 is 30.1 Å². The quantitative estimate of drug-likeness (QED) is 0.461. The van der Waals surface area contributed by atoms with Crippen LogP contribution in [0, 0.1) is 0 Å². The van der Waals surface area contributed by atoms with E-state index in [0.29, 0.717) is 0 Å². The van der Waals surface area contributed by atoms with E-state index < -0.39 is 41.3 Å². The summed E-state index contributed by atoms with van der Waals surface area (Å²) in [5.74, 6) is -18.8. The molecule has 19 heavy (non-hydrogen) atoms. The van der Waals surface area contributed by atoms with Crippen LogP contribution in [0.4, 0.5) is 52.7 Å². The molecule has 0 bridgehead atoms. The van der Waals surface area contributed by atoms with E-state index >= 15 is 0 Å². The molecule has 0 atom stereocenters. The lowest BCUT2D eigenvalue weighted by atomic mass is 9.75. The van der Waals surface area contributed by atoms with E-state index in [-0.39, 0.29) is 0 Å². The molecule has 0 aromatic heterocycles. The molecule has 1 aliphatic rings. The normalized spacial score (nSPS) is 24.9. The van der Waals surface area contributed by atoms with Crippen molar-refractivity contribution in [3.8, 4) is 0 Å². The highest BCUT2D eigenvalue weighted by Crippen LogP contribution is 2.67. The van der Waals surface area contributed by atoms with Gasteiger partial charge in [0.2, 0.25) is 0 Å². The number of hydrogen-bond donors (Lipinski definition) is 0. The van der Waals surface area contributed by atoms with Crippen molar-refractivity contribution >= 4 is 0 Å². The van der Waals surface area contributed by atoms with Gasteiger partial charge in [-0.3, -0.25) is 0 Å². The zero-order chi connectivity index (χ0) is 15.7.